The van der Waals surface area contributed by atoms with E-state index in [4.69, 9.17) is 5.26 Å². The molecule has 0 atom stereocenters. The van der Waals surface area contributed by atoms with Crippen LogP contribution in [0.1, 0.15) is 49.2 Å². The second-order valence-electron chi connectivity index (χ2n) is 4.72. The molecule has 0 radical (unpaired) electrons. The largest absolute Gasteiger partial charge is 0.295 e. The lowest BCUT2D eigenvalue weighted by Gasteiger charge is -2.19. The third kappa shape index (κ3) is 2.66. The summed E-state index contributed by atoms with van der Waals surface area (Å²) in [6, 6.07) is 7.42. The molecule has 0 N–H and O–H groups in total. The van der Waals surface area contributed by atoms with E-state index in [1.165, 1.54) is 6.92 Å². The summed E-state index contributed by atoms with van der Waals surface area (Å²) in [5.74, 6) is -0.00222. The number of hydrogen-bond donors (Lipinski definition) is 0. The van der Waals surface area contributed by atoms with Crippen molar-refractivity contribution in [3.63, 3.8) is 0 Å². The van der Waals surface area contributed by atoms with E-state index in [1.807, 2.05) is 12.1 Å². The summed E-state index contributed by atoms with van der Waals surface area (Å²) in [7, 11) is 0. The van der Waals surface area contributed by atoms with Gasteiger partial charge in [0.1, 0.15) is 0 Å². The van der Waals surface area contributed by atoms with Crippen LogP contribution in [0.25, 0.3) is 0 Å². The highest BCUT2D eigenvalue weighted by Gasteiger charge is 2.16. The minimum atomic E-state index is -0.0446. The van der Waals surface area contributed by atoms with E-state index >= 15 is 0 Å². The Hall–Kier alpha value is -1.62. The zero-order valence-electron chi connectivity index (χ0n) is 9.59. The molecule has 1 aromatic rings. The summed E-state index contributed by atoms with van der Waals surface area (Å²) >= 11 is 0. The fraction of sp³-hybridized carbons (Fsp3) is 0.385. The molecule has 0 saturated heterocycles. The van der Waals surface area contributed by atoms with Gasteiger partial charge in [-0.1, -0.05) is 20.8 Å². The minimum Gasteiger partial charge on any atom is -0.295 e. The van der Waals surface area contributed by atoms with Crippen molar-refractivity contribution in [2.75, 3.05) is 0 Å². The summed E-state index contributed by atoms with van der Waals surface area (Å²) in [4.78, 5) is 11.3. The molecule has 0 aliphatic rings. The lowest BCUT2D eigenvalue weighted by molar-refractivity contribution is 0.101. The van der Waals surface area contributed by atoms with Crippen LogP contribution in [0.2, 0.25) is 0 Å². The van der Waals surface area contributed by atoms with Gasteiger partial charge < -0.3 is 0 Å². The summed E-state index contributed by atoms with van der Waals surface area (Å²) in [6.45, 7) is 7.71. The van der Waals surface area contributed by atoms with E-state index in [2.05, 4.69) is 26.8 Å². The van der Waals surface area contributed by atoms with Crippen molar-refractivity contribution in [2.24, 2.45) is 0 Å². The maximum atomic E-state index is 11.3. The van der Waals surface area contributed by atoms with Crippen molar-refractivity contribution in [1.82, 2.24) is 0 Å². The molecule has 0 aromatic heterocycles. The molecule has 2 nitrogen and oxygen atoms in total. The van der Waals surface area contributed by atoms with Crippen LogP contribution in [0.5, 0.6) is 0 Å². The Morgan fingerprint density at radius 2 is 1.87 bits per heavy atom. The summed E-state index contributed by atoms with van der Waals surface area (Å²) in [5, 5.41) is 8.87. The van der Waals surface area contributed by atoms with Gasteiger partial charge in [0.2, 0.25) is 0 Å². The van der Waals surface area contributed by atoms with E-state index in [0.29, 0.717) is 11.1 Å². The number of hydrogen-bond acceptors (Lipinski definition) is 2. The number of Topliss-reactive ketones (excluding diaryl/α,β-unsaturated/α-hetero) is 1. The standard InChI is InChI=1S/C13H15NO/c1-9(15)11-5-10(8-14)6-12(7-11)13(2,3)4/h5-7H,1-4H3. The molecule has 1 aromatic carbocycles. The summed E-state index contributed by atoms with van der Waals surface area (Å²) in [6.07, 6.45) is 0. The van der Waals surface area contributed by atoms with E-state index in [0.717, 1.165) is 5.56 Å². The van der Waals surface area contributed by atoms with Crippen molar-refractivity contribution in [3.8, 4) is 6.07 Å². The predicted molar refractivity (Wildman–Crippen MR) is 59.9 cm³/mol. The third-order valence-corrected chi connectivity index (χ3v) is 2.33. The average Bonchev–Trinajstić information content (AvgIpc) is 2.15. The topological polar surface area (TPSA) is 40.9 Å². The lowest BCUT2D eigenvalue weighted by Crippen LogP contribution is -2.12. The highest BCUT2D eigenvalue weighted by atomic mass is 16.1. The molecule has 0 unspecified atom stereocenters. The molecule has 0 amide bonds. The van der Waals surface area contributed by atoms with Crippen LogP contribution in [0.4, 0.5) is 0 Å². The number of carbonyl (C=O) groups excluding carboxylic acids is 1. The fourth-order valence-corrected chi connectivity index (χ4v) is 1.33. The Bertz CT molecular complexity index is 433. The summed E-state index contributed by atoms with van der Waals surface area (Å²) in [5.41, 5.74) is 2.13. The van der Waals surface area contributed by atoms with Crippen molar-refractivity contribution in [3.05, 3.63) is 34.9 Å². The molecule has 2 heteroatoms. The normalized spacial score (nSPS) is 10.9. The highest BCUT2D eigenvalue weighted by Crippen LogP contribution is 2.24. The van der Waals surface area contributed by atoms with Crippen LogP contribution >= 0.6 is 0 Å². The van der Waals surface area contributed by atoms with Gasteiger partial charge in [0.15, 0.2) is 5.78 Å². The Balaban J connectivity index is 3.38. The molecular weight excluding hydrogens is 186 g/mol. The fourth-order valence-electron chi connectivity index (χ4n) is 1.33. The van der Waals surface area contributed by atoms with Crippen LogP contribution in [0.3, 0.4) is 0 Å². The first-order valence-corrected chi connectivity index (χ1v) is 4.91. The molecule has 0 spiro atoms. The average molecular weight is 201 g/mol. The van der Waals surface area contributed by atoms with Gasteiger partial charge in [0, 0.05) is 5.56 Å². The number of rotatable bonds is 1. The SMILES string of the molecule is CC(=O)c1cc(C#N)cc(C(C)(C)C)c1. The Kier molecular flexibility index (Phi) is 2.95. The predicted octanol–water partition coefficient (Wildman–Crippen LogP) is 3.06. The number of carbonyl (C=O) groups is 1. The second-order valence-corrected chi connectivity index (χ2v) is 4.72. The minimum absolute atomic E-state index is 0.00222. The van der Waals surface area contributed by atoms with Crippen molar-refractivity contribution in [2.45, 2.75) is 33.1 Å². The Labute approximate surface area is 90.5 Å². The molecule has 0 aliphatic heterocycles. The van der Waals surface area contributed by atoms with Gasteiger partial charge >= 0.3 is 0 Å². The zero-order chi connectivity index (χ0) is 11.6. The van der Waals surface area contributed by atoms with Gasteiger partial charge in [-0.3, -0.25) is 4.79 Å². The first kappa shape index (κ1) is 11.5. The van der Waals surface area contributed by atoms with E-state index < -0.39 is 0 Å². The molecule has 78 valence electrons. The third-order valence-electron chi connectivity index (χ3n) is 2.33. The van der Waals surface area contributed by atoms with Gasteiger partial charge in [-0.15, -0.1) is 0 Å². The Morgan fingerprint density at radius 3 is 2.27 bits per heavy atom. The van der Waals surface area contributed by atoms with Crippen LogP contribution < -0.4 is 0 Å². The molecule has 15 heavy (non-hydrogen) atoms. The van der Waals surface area contributed by atoms with Gasteiger partial charge in [0.25, 0.3) is 0 Å². The maximum Gasteiger partial charge on any atom is 0.159 e. The number of nitriles is 1. The van der Waals surface area contributed by atoms with E-state index in [1.54, 1.807) is 6.07 Å². The monoisotopic (exact) mass is 201 g/mol. The van der Waals surface area contributed by atoms with Crippen LogP contribution in [-0.2, 0) is 5.41 Å². The van der Waals surface area contributed by atoms with Gasteiger partial charge in [0.05, 0.1) is 11.6 Å². The van der Waals surface area contributed by atoms with Gasteiger partial charge in [-0.2, -0.15) is 5.26 Å². The zero-order valence-corrected chi connectivity index (χ0v) is 9.59. The van der Waals surface area contributed by atoms with E-state index in [-0.39, 0.29) is 11.2 Å². The number of benzene rings is 1. The molecule has 0 bridgehead atoms. The van der Waals surface area contributed by atoms with Crippen molar-refractivity contribution >= 4 is 5.78 Å². The Morgan fingerprint density at radius 1 is 1.27 bits per heavy atom. The van der Waals surface area contributed by atoms with Crippen molar-refractivity contribution < 1.29 is 4.79 Å². The summed E-state index contributed by atoms with van der Waals surface area (Å²) < 4.78 is 0. The second kappa shape index (κ2) is 3.86. The molecule has 0 heterocycles. The molecule has 0 aliphatic carbocycles. The lowest BCUT2D eigenvalue weighted by atomic mass is 9.85. The van der Waals surface area contributed by atoms with Gasteiger partial charge in [-0.25, -0.2) is 0 Å². The first-order valence-electron chi connectivity index (χ1n) is 4.91. The quantitative estimate of drug-likeness (QED) is 0.655. The van der Waals surface area contributed by atoms with Crippen LogP contribution in [0, 0.1) is 11.3 Å². The molecule has 1 rings (SSSR count). The molecule has 0 fully saturated rings. The first-order chi connectivity index (χ1) is 6.84. The van der Waals surface area contributed by atoms with Crippen molar-refractivity contribution in [1.29, 1.82) is 5.26 Å². The van der Waals surface area contributed by atoms with Crippen LogP contribution in [0.15, 0.2) is 18.2 Å². The van der Waals surface area contributed by atoms with Gasteiger partial charge in [-0.05, 0) is 36.1 Å². The molecular formula is C13H15NO. The number of nitrogens with zero attached hydrogens (tertiary/aromatic N) is 1. The smallest absolute Gasteiger partial charge is 0.159 e. The van der Waals surface area contributed by atoms with Crippen LogP contribution in [-0.4, -0.2) is 5.78 Å². The molecule has 0 saturated carbocycles. The highest BCUT2D eigenvalue weighted by molar-refractivity contribution is 5.94. The maximum absolute atomic E-state index is 11.3. The number of ketones is 1. The van der Waals surface area contributed by atoms with E-state index in [9.17, 15) is 4.79 Å².